The van der Waals surface area contributed by atoms with Crippen molar-refractivity contribution in [2.75, 3.05) is 27.3 Å². The van der Waals surface area contributed by atoms with Crippen molar-refractivity contribution in [1.82, 2.24) is 10.6 Å². The van der Waals surface area contributed by atoms with Crippen LogP contribution in [-0.2, 0) is 0 Å². The minimum Gasteiger partial charge on any atom is -0.493 e. The van der Waals surface area contributed by atoms with Crippen molar-refractivity contribution < 1.29 is 23.5 Å². The highest BCUT2D eigenvalue weighted by Crippen LogP contribution is 2.31. The minimum atomic E-state index is -0.324. The molecule has 0 aliphatic heterocycles. The highest BCUT2D eigenvalue weighted by molar-refractivity contribution is 14.1. The number of benzene rings is 1. The van der Waals surface area contributed by atoms with Crippen molar-refractivity contribution in [2.24, 2.45) is 0 Å². The highest BCUT2D eigenvalue weighted by Gasteiger charge is 2.15. The van der Waals surface area contributed by atoms with Gasteiger partial charge in [-0.25, -0.2) is 0 Å². The molecule has 0 saturated carbocycles. The Morgan fingerprint density at radius 1 is 1.08 bits per heavy atom. The molecule has 8 heteroatoms. The van der Waals surface area contributed by atoms with Crippen LogP contribution in [0.1, 0.15) is 20.9 Å². The SMILES string of the molecule is COc1cc(I)c(C(=O)NCCNC(=O)c2ccco2)cc1OC. The number of carbonyl (C=O) groups excluding carboxylic acids is 2. The van der Waals surface area contributed by atoms with Crippen LogP contribution in [0.25, 0.3) is 0 Å². The number of rotatable bonds is 7. The van der Waals surface area contributed by atoms with Crippen LogP contribution in [0.3, 0.4) is 0 Å². The van der Waals surface area contributed by atoms with Crippen molar-refractivity contribution in [1.29, 1.82) is 0 Å². The first-order chi connectivity index (χ1) is 11.6. The molecule has 24 heavy (non-hydrogen) atoms. The molecule has 2 rings (SSSR count). The fourth-order valence-corrected chi connectivity index (χ4v) is 2.65. The van der Waals surface area contributed by atoms with Crippen LogP contribution in [0.2, 0.25) is 0 Å². The van der Waals surface area contributed by atoms with E-state index in [4.69, 9.17) is 13.9 Å². The number of nitrogens with one attached hydrogen (secondary N) is 2. The average molecular weight is 444 g/mol. The van der Waals surface area contributed by atoms with Gasteiger partial charge in [-0.15, -0.1) is 0 Å². The maximum absolute atomic E-state index is 12.3. The Labute approximate surface area is 152 Å². The van der Waals surface area contributed by atoms with Crippen molar-refractivity contribution in [3.63, 3.8) is 0 Å². The molecule has 128 valence electrons. The summed E-state index contributed by atoms with van der Waals surface area (Å²) in [7, 11) is 3.05. The van der Waals surface area contributed by atoms with E-state index in [0.717, 1.165) is 3.57 Å². The first-order valence-electron chi connectivity index (χ1n) is 7.08. The largest absolute Gasteiger partial charge is 0.493 e. The molecule has 1 aromatic carbocycles. The number of hydrogen-bond acceptors (Lipinski definition) is 5. The van der Waals surface area contributed by atoms with Gasteiger partial charge in [-0.05, 0) is 46.9 Å². The number of halogens is 1. The van der Waals surface area contributed by atoms with Crippen LogP contribution >= 0.6 is 22.6 Å². The van der Waals surface area contributed by atoms with Gasteiger partial charge in [0.2, 0.25) is 0 Å². The van der Waals surface area contributed by atoms with Gasteiger partial charge in [0, 0.05) is 16.7 Å². The molecule has 0 bridgehead atoms. The lowest BCUT2D eigenvalue weighted by atomic mass is 10.2. The van der Waals surface area contributed by atoms with Crippen LogP contribution in [0.5, 0.6) is 11.5 Å². The lowest BCUT2D eigenvalue weighted by Crippen LogP contribution is -2.34. The van der Waals surface area contributed by atoms with E-state index in [1.54, 1.807) is 24.3 Å². The van der Waals surface area contributed by atoms with Gasteiger partial charge in [0.15, 0.2) is 17.3 Å². The zero-order valence-corrected chi connectivity index (χ0v) is 15.4. The first kappa shape index (κ1) is 18.1. The summed E-state index contributed by atoms with van der Waals surface area (Å²) in [5.74, 6) is 0.691. The predicted octanol–water partition coefficient (Wildman–Crippen LogP) is 2.06. The molecule has 1 aromatic heterocycles. The number of carbonyl (C=O) groups is 2. The third kappa shape index (κ3) is 4.40. The summed E-state index contributed by atoms with van der Waals surface area (Å²) < 4.78 is 16.1. The second-order valence-corrected chi connectivity index (χ2v) is 5.84. The van der Waals surface area contributed by atoms with Crippen LogP contribution in [0.4, 0.5) is 0 Å². The standard InChI is InChI=1S/C16H17IN2O5/c1-22-13-8-10(11(17)9-14(13)23-2)15(20)18-5-6-19-16(21)12-4-3-7-24-12/h3-4,7-9H,5-6H2,1-2H3,(H,18,20)(H,19,21). The van der Waals surface area contributed by atoms with Gasteiger partial charge in [-0.1, -0.05) is 0 Å². The Bertz CT molecular complexity index is 716. The summed E-state index contributed by atoms with van der Waals surface area (Å²) in [4.78, 5) is 23.9. The quantitative estimate of drug-likeness (QED) is 0.504. The normalized spacial score (nSPS) is 10.1. The molecule has 7 nitrogen and oxygen atoms in total. The smallest absolute Gasteiger partial charge is 0.287 e. The summed E-state index contributed by atoms with van der Waals surface area (Å²) in [6.45, 7) is 0.574. The Morgan fingerprint density at radius 3 is 2.29 bits per heavy atom. The van der Waals surface area contributed by atoms with E-state index in [2.05, 4.69) is 33.2 Å². The van der Waals surface area contributed by atoms with E-state index in [9.17, 15) is 9.59 Å². The van der Waals surface area contributed by atoms with Gasteiger partial charge >= 0.3 is 0 Å². The van der Waals surface area contributed by atoms with Crippen LogP contribution in [-0.4, -0.2) is 39.1 Å². The molecule has 0 aliphatic carbocycles. The van der Waals surface area contributed by atoms with Crippen LogP contribution < -0.4 is 20.1 Å². The predicted molar refractivity (Wildman–Crippen MR) is 95.6 cm³/mol. The number of amides is 2. The van der Waals surface area contributed by atoms with E-state index >= 15 is 0 Å². The van der Waals surface area contributed by atoms with E-state index < -0.39 is 0 Å². The molecular weight excluding hydrogens is 427 g/mol. The topological polar surface area (TPSA) is 89.8 Å². The van der Waals surface area contributed by atoms with Crippen molar-refractivity contribution in [2.45, 2.75) is 0 Å². The molecule has 1 heterocycles. The first-order valence-corrected chi connectivity index (χ1v) is 8.16. The second kappa shape index (κ2) is 8.57. The molecule has 0 atom stereocenters. The maximum Gasteiger partial charge on any atom is 0.287 e. The molecule has 2 N–H and O–H groups in total. The number of furan rings is 1. The number of hydrogen-bond donors (Lipinski definition) is 2. The van der Waals surface area contributed by atoms with Gasteiger partial charge < -0.3 is 24.5 Å². The molecule has 0 spiro atoms. The molecule has 0 aliphatic rings. The Morgan fingerprint density at radius 2 is 1.71 bits per heavy atom. The van der Waals surface area contributed by atoms with Crippen LogP contribution in [0, 0.1) is 3.57 Å². The summed E-state index contributed by atoms with van der Waals surface area (Å²) >= 11 is 2.06. The average Bonchev–Trinajstić information content (AvgIpc) is 3.12. The highest BCUT2D eigenvalue weighted by atomic mass is 127. The van der Waals surface area contributed by atoms with Crippen LogP contribution in [0.15, 0.2) is 34.9 Å². The number of ether oxygens (including phenoxy) is 2. The van der Waals surface area contributed by atoms with Gasteiger partial charge in [-0.3, -0.25) is 9.59 Å². The van der Waals surface area contributed by atoms with E-state index in [-0.39, 0.29) is 30.7 Å². The minimum absolute atomic E-state index is 0.232. The summed E-state index contributed by atoms with van der Waals surface area (Å²) in [6.07, 6.45) is 1.43. The lowest BCUT2D eigenvalue weighted by molar-refractivity contribution is 0.0910. The third-order valence-electron chi connectivity index (χ3n) is 3.16. The molecular formula is C16H17IN2O5. The Hall–Kier alpha value is -2.23. The maximum atomic E-state index is 12.3. The Balaban J connectivity index is 1.89. The molecule has 0 saturated heterocycles. The number of methoxy groups -OCH3 is 2. The zero-order chi connectivity index (χ0) is 17.5. The summed E-state index contributed by atoms with van der Waals surface area (Å²) in [5, 5.41) is 5.40. The van der Waals surface area contributed by atoms with Gasteiger partial charge in [-0.2, -0.15) is 0 Å². The fraction of sp³-hybridized carbons (Fsp3) is 0.250. The molecule has 2 amide bonds. The van der Waals surface area contributed by atoms with Crippen molar-refractivity contribution in [3.05, 3.63) is 45.4 Å². The third-order valence-corrected chi connectivity index (χ3v) is 4.05. The van der Waals surface area contributed by atoms with Gasteiger partial charge in [0.05, 0.1) is 26.0 Å². The van der Waals surface area contributed by atoms with Crippen molar-refractivity contribution >= 4 is 34.4 Å². The molecule has 2 aromatic rings. The second-order valence-electron chi connectivity index (χ2n) is 4.68. The molecule has 0 fully saturated rings. The van der Waals surface area contributed by atoms with Crippen molar-refractivity contribution in [3.8, 4) is 11.5 Å². The summed E-state index contributed by atoms with van der Waals surface area (Å²) in [6, 6.07) is 6.56. The molecule has 0 unspecified atom stereocenters. The molecule has 0 radical (unpaired) electrons. The lowest BCUT2D eigenvalue weighted by Gasteiger charge is -2.12. The monoisotopic (exact) mass is 444 g/mol. The summed E-state index contributed by atoms with van der Waals surface area (Å²) in [5.41, 5.74) is 0.477. The zero-order valence-electron chi connectivity index (χ0n) is 13.2. The van der Waals surface area contributed by atoms with Gasteiger partial charge in [0.25, 0.3) is 11.8 Å². The van der Waals surface area contributed by atoms with E-state index in [1.807, 2.05) is 0 Å². The van der Waals surface area contributed by atoms with E-state index in [1.165, 1.54) is 20.5 Å². The van der Waals surface area contributed by atoms with E-state index in [0.29, 0.717) is 17.1 Å². The fourth-order valence-electron chi connectivity index (χ4n) is 1.97. The Kier molecular flexibility index (Phi) is 6.47. The van der Waals surface area contributed by atoms with Gasteiger partial charge in [0.1, 0.15) is 0 Å².